The van der Waals surface area contributed by atoms with Crippen molar-refractivity contribution in [2.45, 2.75) is 26.4 Å². The van der Waals surface area contributed by atoms with Crippen LogP contribution in [0.15, 0.2) is 29.7 Å². The predicted molar refractivity (Wildman–Crippen MR) is 72.4 cm³/mol. The monoisotopic (exact) mass is 313 g/mol. The first-order valence-electron chi connectivity index (χ1n) is 6.44. The number of carbonyl (C=O) groups is 1. The average molecular weight is 313 g/mol. The lowest BCUT2D eigenvalue weighted by molar-refractivity contribution is -0.137. The van der Waals surface area contributed by atoms with Gasteiger partial charge >= 0.3 is 6.18 Å². The van der Waals surface area contributed by atoms with Crippen LogP contribution in [0.3, 0.4) is 0 Å². The fourth-order valence-corrected chi connectivity index (χ4v) is 1.58. The average Bonchev–Trinajstić information content (AvgIpc) is 2.46. The van der Waals surface area contributed by atoms with Crippen LogP contribution < -0.4 is 5.32 Å². The number of anilines is 1. The van der Waals surface area contributed by atoms with Crippen molar-refractivity contribution in [3.8, 4) is 6.07 Å². The van der Waals surface area contributed by atoms with Crippen molar-refractivity contribution in [2.75, 3.05) is 11.9 Å². The first kappa shape index (κ1) is 17.5. The van der Waals surface area contributed by atoms with Crippen LogP contribution in [-0.2, 0) is 15.7 Å². The summed E-state index contributed by atoms with van der Waals surface area (Å²) in [6.45, 7) is 3.71. The highest BCUT2D eigenvalue weighted by Crippen LogP contribution is 2.28. The van der Waals surface area contributed by atoms with E-state index < -0.39 is 17.6 Å². The Morgan fingerprint density at radius 1 is 1.41 bits per heavy atom. The van der Waals surface area contributed by atoms with Crippen LogP contribution in [-0.4, -0.2) is 17.5 Å². The second kappa shape index (κ2) is 7.45. The van der Waals surface area contributed by atoms with Crippen LogP contribution in [0.2, 0.25) is 0 Å². The molecule has 0 aliphatic carbocycles. The van der Waals surface area contributed by atoms with Crippen molar-refractivity contribution >= 4 is 11.7 Å². The minimum atomic E-state index is -4.50. The van der Waals surface area contributed by atoms with Gasteiger partial charge in [-0.3, -0.25) is 4.79 Å². The van der Waals surface area contributed by atoms with Crippen LogP contribution in [0.1, 0.15) is 25.8 Å². The number of alkyl halides is 3. The molecule has 0 unspecified atom stereocenters. The van der Waals surface area contributed by atoms with Gasteiger partial charge in [-0.1, -0.05) is 6.92 Å². The van der Waals surface area contributed by atoms with E-state index in [1.807, 2.05) is 0 Å². The molecular weight excluding hydrogens is 299 g/mol. The number of allylic oxidation sites excluding steroid dienone is 1. The maximum Gasteiger partial charge on any atom is 0.417 e. The number of amides is 1. The highest BCUT2D eigenvalue weighted by atomic mass is 19.4. The summed E-state index contributed by atoms with van der Waals surface area (Å²) in [7, 11) is 0. The predicted octanol–water partition coefficient (Wildman–Crippen LogP) is 3.26. The van der Waals surface area contributed by atoms with Gasteiger partial charge in [0.05, 0.1) is 12.2 Å². The summed E-state index contributed by atoms with van der Waals surface area (Å²) >= 11 is 0. The van der Waals surface area contributed by atoms with E-state index in [2.05, 4.69) is 10.3 Å². The molecule has 0 aliphatic heterocycles. The Bertz CT molecular complexity index is 601. The van der Waals surface area contributed by atoms with E-state index >= 15 is 0 Å². The smallest absolute Gasteiger partial charge is 0.417 e. The molecule has 22 heavy (non-hydrogen) atoms. The van der Waals surface area contributed by atoms with Crippen molar-refractivity contribution in [3.05, 3.63) is 35.2 Å². The molecule has 0 spiro atoms. The van der Waals surface area contributed by atoms with E-state index in [9.17, 15) is 18.0 Å². The zero-order chi connectivity index (χ0) is 16.8. The third-order valence-corrected chi connectivity index (χ3v) is 2.59. The van der Waals surface area contributed by atoms with E-state index in [0.29, 0.717) is 19.2 Å². The molecule has 1 heterocycles. The summed E-state index contributed by atoms with van der Waals surface area (Å²) in [6.07, 6.45) is -3.56. The Hall–Kier alpha value is -2.56. The summed E-state index contributed by atoms with van der Waals surface area (Å²) in [4.78, 5) is 15.5. The first-order valence-corrected chi connectivity index (χ1v) is 6.44. The van der Waals surface area contributed by atoms with Gasteiger partial charge in [0.25, 0.3) is 5.91 Å². The van der Waals surface area contributed by atoms with Crippen molar-refractivity contribution in [1.29, 1.82) is 5.26 Å². The van der Waals surface area contributed by atoms with Gasteiger partial charge in [-0.25, -0.2) is 4.98 Å². The Morgan fingerprint density at radius 2 is 2.09 bits per heavy atom. The molecule has 0 radical (unpaired) electrons. The lowest BCUT2D eigenvalue weighted by atomic mass is 10.2. The SMILES string of the molecule is CCOC(CC)=C(C#N)C(=O)Nc1ccc(C(F)(F)F)cn1. The number of halogens is 3. The van der Waals surface area contributed by atoms with E-state index in [0.717, 1.165) is 12.1 Å². The summed E-state index contributed by atoms with van der Waals surface area (Å²) in [5.74, 6) is -0.646. The topological polar surface area (TPSA) is 75.0 Å². The number of nitrogens with one attached hydrogen (secondary N) is 1. The van der Waals surface area contributed by atoms with Crippen LogP contribution in [0.4, 0.5) is 19.0 Å². The number of aromatic nitrogens is 1. The summed E-state index contributed by atoms with van der Waals surface area (Å²) in [5, 5.41) is 11.3. The van der Waals surface area contributed by atoms with E-state index in [1.165, 1.54) is 0 Å². The molecule has 1 amide bonds. The second-order valence-corrected chi connectivity index (χ2v) is 4.08. The Labute approximate surface area is 125 Å². The number of rotatable bonds is 5. The molecule has 1 aromatic heterocycles. The fraction of sp³-hybridized carbons (Fsp3) is 0.357. The van der Waals surface area contributed by atoms with Gasteiger partial charge in [-0.05, 0) is 19.1 Å². The van der Waals surface area contributed by atoms with Crippen molar-refractivity contribution in [1.82, 2.24) is 4.98 Å². The Balaban J connectivity index is 2.94. The third-order valence-electron chi connectivity index (χ3n) is 2.59. The molecule has 0 saturated heterocycles. The number of pyridine rings is 1. The van der Waals surface area contributed by atoms with E-state index in [4.69, 9.17) is 10.00 Å². The van der Waals surface area contributed by atoms with Crippen molar-refractivity contribution in [2.24, 2.45) is 0 Å². The van der Waals surface area contributed by atoms with Crippen LogP contribution >= 0.6 is 0 Å². The minimum absolute atomic E-state index is 0.0855. The van der Waals surface area contributed by atoms with Gasteiger partial charge in [0.1, 0.15) is 17.6 Å². The maximum atomic E-state index is 12.4. The van der Waals surface area contributed by atoms with Gasteiger partial charge < -0.3 is 10.1 Å². The van der Waals surface area contributed by atoms with Crippen LogP contribution in [0.25, 0.3) is 0 Å². The van der Waals surface area contributed by atoms with Gasteiger partial charge in [0.15, 0.2) is 5.57 Å². The molecule has 1 aromatic rings. The van der Waals surface area contributed by atoms with Gasteiger partial charge in [-0.15, -0.1) is 0 Å². The molecule has 0 aliphatic rings. The van der Waals surface area contributed by atoms with E-state index in [1.54, 1.807) is 19.9 Å². The first-order chi connectivity index (χ1) is 10.3. The lowest BCUT2D eigenvalue weighted by Gasteiger charge is -2.10. The van der Waals surface area contributed by atoms with Gasteiger partial charge in [-0.2, -0.15) is 18.4 Å². The van der Waals surface area contributed by atoms with Crippen LogP contribution in [0, 0.1) is 11.3 Å². The van der Waals surface area contributed by atoms with Crippen molar-refractivity contribution < 1.29 is 22.7 Å². The highest BCUT2D eigenvalue weighted by molar-refractivity contribution is 6.06. The zero-order valence-corrected chi connectivity index (χ0v) is 12.0. The van der Waals surface area contributed by atoms with Crippen LogP contribution in [0.5, 0.6) is 0 Å². The molecule has 0 saturated carbocycles. The van der Waals surface area contributed by atoms with Gasteiger partial charge in [0, 0.05) is 12.6 Å². The molecule has 0 fully saturated rings. The molecule has 1 N–H and O–H groups in total. The molecular formula is C14H14F3N3O2. The molecule has 1 rings (SSSR count). The number of ether oxygens (including phenoxy) is 1. The molecule has 118 valence electrons. The fourth-order valence-electron chi connectivity index (χ4n) is 1.58. The lowest BCUT2D eigenvalue weighted by Crippen LogP contribution is -2.17. The highest BCUT2D eigenvalue weighted by Gasteiger charge is 2.30. The number of hydrogen-bond acceptors (Lipinski definition) is 4. The largest absolute Gasteiger partial charge is 0.497 e. The quantitative estimate of drug-likeness (QED) is 0.514. The number of carbonyl (C=O) groups excluding carboxylic acids is 1. The van der Waals surface area contributed by atoms with Crippen molar-refractivity contribution in [3.63, 3.8) is 0 Å². The Morgan fingerprint density at radius 3 is 2.50 bits per heavy atom. The molecule has 0 bridgehead atoms. The minimum Gasteiger partial charge on any atom is -0.497 e. The number of hydrogen-bond donors (Lipinski definition) is 1. The Kier molecular flexibility index (Phi) is 5.92. The molecule has 5 nitrogen and oxygen atoms in total. The molecule has 0 aromatic carbocycles. The van der Waals surface area contributed by atoms with E-state index in [-0.39, 0.29) is 17.2 Å². The summed E-state index contributed by atoms with van der Waals surface area (Å²) < 4.78 is 42.4. The number of nitriles is 1. The molecule has 8 heteroatoms. The normalized spacial score (nSPS) is 12.2. The molecule has 0 atom stereocenters. The second-order valence-electron chi connectivity index (χ2n) is 4.08. The number of nitrogens with zero attached hydrogens (tertiary/aromatic N) is 2. The standard InChI is InChI=1S/C14H14F3N3O2/c1-3-11(22-4-2)10(7-18)13(21)20-12-6-5-9(8-19-12)14(15,16)17/h5-6,8H,3-4H2,1-2H3,(H,19,20,21). The zero-order valence-electron chi connectivity index (χ0n) is 12.0. The van der Waals surface area contributed by atoms with Gasteiger partial charge in [0.2, 0.25) is 0 Å². The summed E-state index contributed by atoms with van der Waals surface area (Å²) in [6, 6.07) is 3.54. The summed E-state index contributed by atoms with van der Waals surface area (Å²) in [5.41, 5.74) is -1.16. The third kappa shape index (κ3) is 4.48. The maximum absolute atomic E-state index is 12.4.